The first-order valence-corrected chi connectivity index (χ1v) is 13.3. The first-order chi connectivity index (χ1) is 16.8. The molecule has 1 aliphatic rings. The molecule has 2 atom stereocenters. The van der Waals surface area contributed by atoms with Crippen LogP contribution in [0.25, 0.3) is 21.8 Å². The summed E-state index contributed by atoms with van der Waals surface area (Å²) in [6.07, 6.45) is 1.69. The van der Waals surface area contributed by atoms with E-state index in [0.717, 1.165) is 53.2 Å². The third kappa shape index (κ3) is 5.70. The predicted molar refractivity (Wildman–Crippen MR) is 136 cm³/mol. The van der Waals surface area contributed by atoms with Crippen LogP contribution in [-0.2, 0) is 11.3 Å². The summed E-state index contributed by atoms with van der Waals surface area (Å²) in [4.78, 5) is 1.08. The van der Waals surface area contributed by atoms with E-state index in [1.165, 1.54) is 17.3 Å². The molecule has 1 aliphatic heterocycles. The van der Waals surface area contributed by atoms with Crippen LogP contribution >= 0.6 is 23.1 Å². The Balaban J connectivity index is 1.18. The summed E-state index contributed by atoms with van der Waals surface area (Å²) in [6, 6.07) is 22.2. The molecule has 176 valence electrons. The van der Waals surface area contributed by atoms with Gasteiger partial charge in [0.05, 0.1) is 23.6 Å². The molecular formula is C26H27N3O3S2. The predicted octanol–water partition coefficient (Wildman–Crippen LogP) is 5.38. The van der Waals surface area contributed by atoms with Crippen molar-refractivity contribution in [2.24, 2.45) is 0 Å². The van der Waals surface area contributed by atoms with Gasteiger partial charge in [0.2, 0.25) is 0 Å². The maximum absolute atomic E-state index is 10.5. The summed E-state index contributed by atoms with van der Waals surface area (Å²) in [7, 11) is 0. The summed E-state index contributed by atoms with van der Waals surface area (Å²) in [5.41, 5.74) is 2.30. The van der Waals surface area contributed by atoms with Crippen LogP contribution in [0, 0.1) is 0 Å². The van der Waals surface area contributed by atoms with Crippen molar-refractivity contribution in [2.75, 3.05) is 19.0 Å². The van der Waals surface area contributed by atoms with Gasteiger partial charge in [-0.3, -0.25) is 4.57 Å². The van der Waals surface area contributed by atoms with Crippen molar-refractivity contribution < 1.29 is 14.6 Å². The zero-order chi connectivity index (χ0) is 23.2. The number of aliphatic hydroxyl groups excluding tert-OH is 1. The van der Waals surface area contributed by atoms with Gasteiger partial charge in [0, 0.05) is 12.4 Å². The average molecular weight is 494 g/mol. The van der Waals surface area contributed by atoms with Gasteiger partial charge >= 0.3 is 0 Å². The minimum atomic E-state index is -0.628. The normalized spacial score (nSPS) is 16.6. The zero-order valence-corrected chi connectivity index (χ0v) is 20.4. The van der Waals surface area contributed by atoms with Crippen molar-refractivity contribution in [1.82, 2.24) is 14.8 Å². The number of hydrogen-bond acceptors (Lipinski definition) is 7. The monoisotopic (exact) mass is 493 g/mol. The van der Waals surface area contributed by atoms with Gasteiger partial charge in [-0.05, 0) is 47.5 Å². The van der Waals surface area contributed by atoms with Crippen molar-refractivity contribution in [3.8, 4) is 27.6 Å². The van der Waals surface area contributed by atoms with Crippen LogP contribution < -0.4 is 4.74 Å². The Labute approximate surface area is 207 Å². The van der Waals surface area contributed by atoms with Crippen LogP contribution in [0.15, 0.2) is 77.3 Å². The van der Waals surface area contributed by atoms with Crippen LogP contribution in [0.1, 0.15) is 12.8 Å². The van der Waals surface area contributed by atoms with Crippen molar-refractivity contribution in [3.05, 3.63) is 72.1 Å². The van der Waals surface area contributed by atoms with Crippen molar-refractivity contribution in [2.45, 2.75) is 36.8 Å². The number of ether oxygens (including phenoxy) is 2. The second-order valence-corrected chi connectivity index (χ2v) is 10.1. The lowest BCUT2D eigenvalue weighted by Gasteiger charge is -2.15. The molecule has 3 heterocycles. The van der Waals surface area contributed by atoms with E-state index < -0.39 is 6.10 Å². The quantitative estimate of drug-likeness (QED) is 0.299. The second kappa shape index (κ2) is 11.2. The number of aliphatic hydroxyl groups is 1. The Morgan fingerprint density at radius 1 is 1.06 bits per heavy atom. The fraction of sp³-hybridized carbons (Fsp3) is 0.308. The Hall–Kier alpha value is -2.65. The fourth-order valence-corrected chi connectivity index (χ4v) is 5.50. The maximum Gasteiger partial charge on any atom is 0.191 e. The van der Waals surface area contributed by atoms with Crippen molar-refractivity contribution >= 4 is 23.1 Å². The van der Waals surface area contributed by atoms with Crippen LogP contribution in [0.4, 0.5) is 0 Å². The number of aromatic nitrogens is 3. The molecule has 0 spiro atoms. The average Bonchev–Trinajstić information content (AvgIpc) is 3.65. The first kappa shape index (κ1) is 23.1. The van der Waals surface area contributed by atoms with E-state index in [9.17, 15) is 5.11 Å². The van der Waals surface area contributed by atoms with Gasteiger partial charge in [-0.25, -0.2) is 0 Å². The van der Waals surface area contributed by atoms with Crippen LogP contribution in [-0.4, -0.2) is 51.0 Å². The summed E-state index contributed by atoms with van der Waals surface area (Å²) in [5.74, 6) is 2.07. The molecule has 8 heteroatoms. The van der Waals surface area contributed by atoms with E-state index in [-0.39, 0.29) is 12.7 Å². The molecule has 4 aromatic rings. The van der Waals surface area contributed by atoms with Crippen LogP contribution in [0.2, 0.25) is 0 Å². The van der Waals surface area contributed by atoms with E-state index in [0.29, 0.717) is 5.75 Å². The van der Waals surface area contributed by atoms with Gasteiger partial charge in [0.15, 0.2) is 11.0 Å². The van der Waals surface area contributed by atoms with Gasteiger partial charge in [-0.2, -0.15) is 0 Å². The van der Waals surface area contributed by atoms with Crippen LogP contribution in [0.3, 0.4) is 0 Å². The number of benzene rings is 2. The molecule has 2 aromatic heterocycles. The Morgan fingerprint density at radius 2 is 1.88 bits per heavy atom. The van der Waals surface area contributed by atoms with Gasteiger partial charge in [-0.1, -0.05) is 60.3 Å². The molecule has 0 bridgehead atoms. The highest BCUT2D eigenvalue weighted by atomic mass is 32.2. The molecule has 6 nitrogen and oxygen atoms in total. The molecule has 2 aromatic carbocycles. The number of thioether (sulfide) groups is 1. The van der Waals surface area contributed by atoms with Gasteiger partial charge in [0.1, 0.15) is 12.4 Å². The van der Waals surface area contributed by atoms with E-state index in [2.05, 4.69) is 33.0 Å². The highest BCUT2D eigenvalue weighted by Gasteiger charge is 2.22. The standard InChI is InChI=1S/C26H27N3O3S2/c30-21(17-32-22-12-10-20(11-13-22)19-6-2-1-3-7-19)18-34-26-28-27-25(24-9-5-15-33-24)29(26)16-23-8-4-14-31-23/h1-3,5-7,9-13,15,21,23,30H,4,8,14,16-18H2. The summed E-state index contributed by atoms with van der Waals surface area (Å²) in [6.45, 7) is 1.75. The zero-order valence-electron chi connectivity index (χ0n) is 18.7. The lowest BCUT2D eigenvalue weighted by atomic mass is 10.1. The lowest BCUT2D eigenvalue weighted by molar-refractivity contribution is 0.0953. The maximum atomic E-state index is 10.5. The molecule has 0 radical (unpaired) electrons. The Morgan fingerprint density at radius 3 is 2.62 bits per heavy atom. The second-order valence-electron chi connectivity index (χ2n) is 8.20. The number of hydrogen-bond donors (Lipinski definition) is 1. The van der Waals surface area contributed by atoms with E-state index in [4.69, 9.17) is 9.47 Å². The Kier molecular flexibility index (Phi) is 7.60. The molecule has 5 rings (SSSR count). The summed E-state index contributed by atoms with van der Waals surface area (Å²) < 4.78 is 13.8. The topological polar surface area (TPSA) is 69.4 Å². The molecule has 1 saturated heterocycles. The number of nitrogens with zero attached hydrogens (tertiary/aromatic N) is 3. The highest BCUT2D eigenvalue weighted by molar-refractivity contribution is 7.99. The number of thiophene rings is 1. The van der Waals surface area contributed by atoms with Gasteiger partial charge in [-0.15, -0.1) is 21.5 Å². The molecule has 1 fully saturated rings. The molecule has 0 aliphatic carbocycles. The van der Waals surface area contributed by atoms with Gasteiger partial charge in [0.25, 0.3) is 0 Å². The van der Waals surface area contributed by atoms with E-state index >= 15 is 0 Å². The van der Waals surface area contributed by atoms with E-state index in [1.54, 1.807) is 11.3 Å². The van der Waals surface area contributed by atoms with Crippen LogP contribution in [0.5, 0.6) is 5.75 Å². The molecular weight excluding hydrogens is 466 g/mol. The summed E-state index contributed by atoms with van der Waals surface area (Å²) in [5, 5.41) is 22.2. The smallest absolute Gasteiger partial charge is 0.191 e. The molecule has 2 unspecified atom stereocenters. The van der Waals surface area contributed by atoms with E-state index in [1.807, 2.05) is 53.9 Å². The van der Waals surface area contributed by atoms with Crippen molar-refractivity contribution in [1.29, 1.82) is 0 Å². The third-order valence-electron chi connectivity index (χ3n) is 5.68. The molecule has 34 heavy (non-hydrogen) atoms. The largest absolute Gasteiger partial charge is 0.491 e. The molecule has 0 amide bonds. The molecule has 0 saturated carbocycles. The number of rotatable bonds is 10. The summed E-state index contributed by atoms with van der Waals surface area (Å²) >= 11 is 3.15. The SMILES string of the molecule is OC(COc1ccc(-c2ccccc2)cc1)CSc1nnc(-c2cccs2)n1CC1CCCO1. The van der Waals surface area contributed by atoms with Crippen molar-refractivity contribution in [3.63, 3.8) is 0 Å². The highest BCUT2D eigenvalue weighted by Crippen LogP contribution is 2.29. The third-order valence-corrected chi connectivity index (χ3v) is 7.65. The minimum Gasteiger partial charge on any atom is -0.491 e. The minimum absolute atomic E-state index is 0.182. The van der Waals surface area contributed by atoms with Gasteiger partial charge < -0.3 is 14.6 Å². The Bertz CT molecular complexity index is 1160. The molecule has 1 N–H and O–H groups in total. The fourth-order valence-electron chi connectivity index (χ4n) is 3.93. The first-order valence-electron chi connectivity index (χ1n) is 11.4. The lowest BCUT2D eigenvalue weighted by Crippen LogP contribution is -2.21.